The van der Waals surface area contributed by atoms with Crippen LogP contribution in [0, 0.1) is 5.82 Å². The van der Waals surface area contributed by atoms with Gasteiger partial charge in [-0.25, -0.2) is 4.39 Å². The maximum Gasteiger partial charge on any atom is 0.234 e. The first-order chi connectivity index (χ1) is 9.65. The van der Waals surface area contributed by atoms with E-state index in [1.807, 2.05) is 0 Å². The van der Waals surface area contributed by atoms with Crippen LogP contribution in [0.3, 0.4) is 0 Å². The molecule has 0 aromatic heterocycles. The highest BCUT2D eigenvalue weighted by Gasteiger charge is 2.16. The SMILES string of the molecule is CN(CC(=O)NC[C@@H]1CCCO1)Cc1ccccc1F. The van der Waals surface area contributed by atoms with E-state index in [4.69, 9.17) is 4.74 Å². The van der Waals surface area contributed by atoms with Crippen LogP contribution in [0.15, 0.2) is 24.3 Å². The van der Waals surface area contributed by atoms with Gasteiger partial charge in [-0.1, -0.05) is 18.2 Å². The smallest absolute Gasteiger partial charge is 0.234 e. The lowest BCUT2D eigenvalue weighted by Gasteiger charge is -2.17. The summed E-state index contributed by atoms with van der Waals surface area (Å²) in [5.74, 6) is -0.293. The summed E-state index contributed by atoms with van der Waals surface area (Å²) in [6, 6.07) is 6.62. The predicted molar refractivity (Wildman–Crippen MR) is 74.7 cm³/mol. The number of halogens is 1. The molecule has 1 atom stereocenters. The van der Waals surface area contributed by atoms with Crippen LogP contribution in [-0.2, 0) is 16.1 Å². The number of hydrogen-bond acceptors (Lipinski definition) is 3. The van der Waals surface area contributed by atoms with Crippen molar-refractivity contribution in [2.75, 3.05) is 26.7 Å². The van der Waals surface area contributed by atoms with Crippen molar-refractivity contribution < 1.29 is 13.9 Å². The Labute approximate surface area is 118 Å². The molecule has 1 amide bonds. The fourth-order valence-electron chi connectivity index (χ4n) is 2.31. The zero-order valence-corrected chi connectivity index (χ0v) is 11.8. The maximum atomic E-state index is 13.5. The second-order valence-electron chi connectivity index (χ2n) is 5.20. The van der Waals surface area contributed by atoms with Crippen LogP contribution in [-0.4, -0.2) is 43.7 Å². The summed E-state index contributed by atoms with van der Waals surface area (Å²) in [4.78, 5) is 13.6. The molecule has 0 aliphatic carbocycles. The molecule has 1 fully saturated rings. The van der Waals surface area contributed by atoms with Crippen molar-refractivity contribution in [3.8, 4) is 0 Å². The summed E-state index contributed by atoms with van der Waals surface area (Å²) in [6.07, 6.45) is 2.22. The van der Waals surface area contributed by atoms with Crippen LogP contribution in [0.1, 0.15) is 18.4 Å². The molecular weight excluding hydrogens is 259 g/mol. The summed E-state index contributed by atoms with van der Waals surface area (Å²) < 4.78 is 18.9. The number of benzene rings is 1. The van der Waals surface area contributed by atoms with Crippen LogP contribution in [0.25, 0.3) is 0 Å². The molecule has 0 bridgehead atoms. The lowest BCUT2D eigenvalue weighted by atomic mass is 10.2. The number of carbonyl (C=O) groups excluding carboxylic acids is 1. The van der Waals surface area contributed by atoms with Gasteiger partial charge in [0, 0.05) is 25.3 Å². The van der Waals surface area contributed by atoms with Gasteiger partial charge in [0.2, 0.25) is 5.91 Å². The third kappa shape index (κ3) is 4.58. The third-order valence-corrected chi connectivity index (χ3v) is 3.36. The van der Waals surface area contributed by atoms with E-state index in [1.54, 1.807) is 30.1 Å². The van der Waals surface area contributed by atoms with Gasteiger partial charge in [-0.2, -0.15) is 0 Å². The van der Waals surface area contributed by atoms with E-state index in [9.17, 15) is 9.18 Å². The van der Waals surface area contributed by atoms with E-state index >= 15 is 0 Å². The first-order valence-electron chi connectivity index (χ1n) is 6.95. The first-order valence-corrected chi connectivity index (χ1v) is 6.95. The van der Waals surface area contributed by atoms with E-state index in [0.717, 1.165) is 19.4 Å². The van der Waals surface area contributed by atoms with Crippen molar-refractivity contribution in [1.29, 1.82) is 0 Å². The Morgan fingerprint density at radius 1 is 1.50 bits per heavy atom. The lowest BCUT2D eigenvalue weighted by molar-refractivity contribution is -0.122. The zero-order valence-electron chi connectivity index (χ0n) is 11.8. The van der Waals surface area contributed by atoms with Crippen molar-refractivity contribution in [3.63, 3.8) is 0 Å². The highest BCUT2D eigenvalue weighted by Crippen LogP contribution is 2.11. The van der Waals surface area contributed by atoms with Crippen LogP contribution < -0.4 is 5.32 Å². The van der Waals surface area contributed by atoms with Crippen molar-refractivity contribution in [3.05, 3.63) is 35.6 Å². The van der Waals surface area contributed by atoms with E-state index in [0.29, 0.717) is 18.7 Å². The van der Waals surface area contributed by atoms with E-state index in [1.165, 1.54) is 6.07 Å². The minimum atomic E-state index is -0.237. The Bertz CT molecular complexity index is 447. The highest BCUT2D eigenvalue weighted by molar-refractivity contribution is 5.78. The summed E-state index contributed by atoms with van der Waals surface area (Å²) in [5, 5.41) is 2.86. The van der Waals surface area contributed by atoms with Gasteiger partial charge in [0.25, 0.3) is 0 Å². The average Bonchev–Trinajstić information content (AvgIpc) is 2.92. The molecule has 1 aliphatic heterocycles. The second-order valence-corrected chi connectivity index (χ2v) is 5.20. The van der Waals surface area contributed by atoms with Gasteiger partial charge in [0.05, 0.1) is 12.6 Å². The minimum absolute atomic E-state index is 0.0562. The molecule has 110 valence electrons. The predicted octanol–water partition coefficient (Wildman–Crippen LogP) is 1.55. The summed E-state index contributed by atoms with van der Waals surface area (Å²) in [6.45, 7) is 2.02. The number of likely N-dealkylation sites (N-methyl/N-ethyl adjacent to an activating group) is 1. The molecular formula is C15H21FN2O2. The quantitative estimate of drug-likeness (QED) is 0.859. The van der Waals surface area contributed by atoms with Crippen LogP contribution in [0.5, 0.6) is 0 Å². The number of rotatable bonds is 6. The van der Waals surface area contributed by atoms with Crippen molar-refractivity contribution in [2.24, 2.45) is 0 Å². The maximum absolute atomic E-state index is 13.5. The average molecular weight is 280 g/mol. The van der Waals surface area contributed by atoms with Gasteiger partial charge in [-0.05, 0) is 26.0 Å². The standard InChI is InChI=1S/C15H21FN2O2/c1-18(10-12-5-2-3-7-14(12)16)11-15(19)17-9-13-6-4-8-20-13/h2-3,5,7,13H,4,6,8-11H2,1H3,(H,17,19)/t13-/m0/s1. The number of nitrogens with zero attached hydrogens (tertiary/aromatic N) is 1. The minimum Gasteiger partial charge on any atom is -0.376 e. The highest BCUT2D eigenvalue weighted by atomic mass is 19.1. The molecule has 0 saturated carbocycles. The Balaban J connectivity index is 1.72. The van der Waals surface area contributed by atoms with Crippen LogP contribution in [0.4, 0.5) is 4.39 Å². The summed E-state index contributed by atoms with van der Waals surface area (Å²) in [5.41, 5.74) is 0.599. The molecule has 0 spiro atoms. The van der Waals surface area contributed by atoms with Gasteiger partial charge in [0.1, 0.15) is 5.82 Å². The zero-order chi connectivity index (χ0) is 14.4. The Morgan fingerprint density at radius 2 is 2.30 bits per heavy atom. The number of amides is 1. The van der Waals surface area contributed by atoms with Gasteiger partial charge >= 0.3 is 0 Å². The normalized spacial score (nSPS) is 18.4. The fourth-order valence-corrected chi connectivity index (χ4v) is 2.31. The van der Waals surface area contributed by atoms with Crippen molar-refractivity contribution in [2.45, 2.75) is 25.5 Å². The Kier molecular flexibility index (Phi) is 5.49. The van der Waals surface area contributed by atoms with Gasteiger partial charge in [0.15, 0.2) is 0 Å². The topological polar surface area (TPSA) is 41.6 Å². The first kappa shape index (κ1) is 14.9. The molecule has 0 radical (unpaired) electrons. The Morgan fingerprint density at radius 3 is 3.00 bits per heavy atom. The number of ether oxygens (including phenoxy) is 1. The van der Waals surface area contributed by atoms with E-state index < -0.39 is 0 Å². The molecule has 2 rings (SSSR count). The van der Waals surface area contributed by atoms with E-state index in [-0.39, 0.29) is 24.4 Å². The molecule has 0 unspecified atom stereocenters. The number of nitrogens with one attached hydrogen (secondary N) is 1. The molecule has 1 saturated heterocycles. The van der Waals surface area contributed by atoms with Crippen LogP contribution >= 0.6 is 0 Å². The Hall–Kier alpha value is -1.46. The molecule has 4 nitrogen and oxygen atoms in total. The summed E-state index contributed by atoms with van der Waals surface area (Å²) in [7, 11) is 1.80. The second kappa shape index (κ2) is 7.36. The monoisotopic (exact) mass is 280 g/mol. The largest absolute Gasteiger partial charge is 0.376 e. The molecule has 1 aliphatic rings. The molecule has 1 aromatic rings. The van der Waals surface area contributed by atoms with Crippen molar-refractivity contribution in [1.82, 2.24) is 10.2 Å². The third-order valence-electron chi connectivity index (χ3n) is 3.36. The van der Waals surface area contributed by atoms with Gasteiger partial charge in [-0.3, -0.25) is 9.69 Å². The van der Waals surface area contributed by atoms with Gasteiger partial charge in [-0.15, -0.1) is 0 Å². The van der Waals surface area contributed by atoms with Crippen molar-refractivity contribution >= 4 is 5.91 Å². The molecule has 1 aromatic carbocycles. The fraction of sp³-hybridized carbons (Fsp3) is 0.533. The van der Waals surface area contributed by atoms with Gasteiger partial charge < -0.3 is 10.1 Å². The molecule has 1 heterocycles. The molecule has 20 heavy (non-hydrogen) atoms. The van der Waals surface area contributed by atoms with E-state index in [2.05, 4.69) is 5.32 Å². The van der Waals surface area contributed by atoms with Crippen LogP contribution in [0.2, 0.25) is 0 Å². The molecule has 1 N–H and O–H groups in total. The number of hydrogen-bond donors (Lipinski definition) is 1. The summed E-state index contributed by atoms with van der Waals surface area (Å²) >= 11 is 0. The lowest BCUT2D eigenvalue weighted by Crippen LogP contribution is -2.38. The molecule has 5 heteroatoms. The number of carbonyl (C=O) groups is 1.